The number of carbonyl (C=O) groups excluding carboxylic acids is 1. The molecule has 0 aliphatic heterocycles. The highest BCUT2D eigenvalue weighted by Gasteiger charge is 2.08. The Balaban J connectivity index is 2.15. The monoisotopic (exact) mass is 216 g/mol. The molecule has 2 aromatic rings. The van der Waals surface area contributed by atoms with Crippen molar-refractivity contribution in [1.29, 1.82) is 0 Å². The van der Waals surface area contributed by atoms with Crippen molar-refractivity contribution in [3.8, 4) is 0 Å². The number of aryl methyl sites for hydroxylation is 1. The zero-order valence-electron chi connectivity index (χ0n) is 8.82. The van der Waals surface area contributed by atoms with Crippen molar-refractivity contribution >= 4 is 17.4 Å². The Kier molecular flexibility index (Phi) is 2.59. The molecule has 1 aromatic carbocycles. The van der Waals surface area contributed by atoms with Gasteiger partial charge in [0.2, 0.25) is 0 Å². The van der Waals surface area contributed by atoms with Crippen LogP contribution in [0.1, 0.15) is 15.9 Å². The molecule has 4 N–H and O–H groups in total. The quantitative estimate of drug-likeness (QED) is 0.666. The van der Waals surface area contributed by atoms with Crippen LogP contribution in [0.3, 0.4) is 0 Å². The van der Waals surface area contributed by atoms with E-state index in [-0.39, 0.29) is 5.91 Å². The Hall–Kier alpha value is -2.30. The van der Waals surface area contributed by atoms with Crippen LogP contribution >= 0.6 is 0 Å². The molecule has 1 aromatic heterocycles. The van der Waals surface area contributed by atoms with E-state index in [1.165, 1.54) is 0 Å². The fourth-order valence-corrected chi connectivity index (χ4v) is 1.29. The van der Waals surface area contributed by atoms with E-state index in [2.05, 4.69) is 15.5 Å². The molecule has 2 rings (SSSR count). The molecule has 5 nitrogen and oxygen atoms in total. The van der Waals surface area contributed by atoms with Crippen molar-refractivity contribution in [2.45, 2.75) is 6.92 Å². The van der Waals surface area contributed by atoms with E-state index in [0.717, 1.165) is 5.56 Å². The number of hydrogen-bond acceptors (Lipinski definition) is 3. The molecule has 0 fully saturated rings. The Morgan fingerprint density at radius 2 is 2.06 bits per heavy atom. The number of H-pyrrole nitrogens is 1. The van der Waals surface area contributed by atoms with Gasteiger partial charge in [-0.3, -0.25) is 9.89 Å². The lowest BCUT2D eigenvalue weighted by atomic mass is 10.2. The summed E-state index contributed by atoms with van der Waals surface area (Å²) in [6, 6.07) is 6.73. The second kappa shape index (κ2) is 4.06. The van der Waals surface area contributed by atoms with Gasteiger partial charge in [0.25, 0.3) is 5.91 Å². The fraction of sp³-hybridized carbons (Fsp3) is 0.0909. The number of rotatable bonds is 2. The Bertz CT molecular complexity index is 501. The molecule has 16 heavy (non-hydrogen) atoms. The highest BCUT2D eigenvalue weighted by molar-refractivity contribution is 6.04. The van der Waals surface area contributed by atoms with Crippen molar-refractivity contribution < 1.29 is 4.79 Å². The number of anilines is 2. The first-order valence-electron chi connectivity index (χ1n) is 4.83. The van der Waals surface area contributed by atoms with Gasteiger partial charge in [0.05, 0.1) is 6.20 Å². The molecule has 5 heteroatoms. The van der Waals surface area contributed by atoms with Crippen LogP contribution in [-0.2, 0) is 0 Å². The van der Waals surface area contributed by atoms with Gasteiger partial charge in [0.1, 0.15) is 5.82 Å². The number of nitrogen functional groups attached to an aromatic ring is 1. The van der Waals surface area contributed by atoms with Crippen LogP contribution in [0.25, 0.3) is 0 Å². The molecule has 0 aliphatic carbocycles. The van der Waals surface area contributed by atoms with E-state index < -0.39 is 0 Å². The Morgan fingerprint density at radius 1 is 1.38 bits per heavy atom. The standard InChI is InChI=1S/C11H12N4O/c1-7-6-13-15-10(7)14-11(16)8-2-4-9(12)5-3-8/h2-6H,12H2,1H3,(H2,13,14,15,16). The van der Waals surface area contributed by atoms with Crippen LogP contribution < -0.4 is 11.1 Å². The number of hydrogen-bond donors (Lipinski definition) is 3. The van der Waals surface area contributed by atoms with Crippen LogP contribution in [0.15, 0.2) is 30.5 Å². The SMILES string of the molecule is Cc1cn[nH]c1NC(=O)c1ccc(N)cc1. The summed E-state index contributed by atoms with van der Waals surface area (Å²) in [5.74, 6) is 0.425. The molecular weight excluding hydrogens is 204 g/mol. The second-order valence-corrected chi connectivity index (χ2v) is 3.50. The summed E-state index contributed by atoms with van der Waals surface area (Å²) in [6.45, 7) is 1.86. The maximum Gasteiger partial charge on any atom is 0.256 e. The summed E-state index contributed by atoms with van der Waals surface area (Å²) in [7, 11) is 0. The third-order valence-electron chi connectivity index (χ3n) is 2.24. The zero-order chi connectivity index (χ0) is 11.5. The first-order chi connectivity index (χ1) is 7.66. The normalized spacial score (nSPS) is 10.1. The highest BCUT2D eigenvalue weighted by atomic mass is 16.1. The van der Waals surface area contributed by atoms with Gasteiger partial charge in [-0.25, -0.2) is 0 Å². The Morgan fingerprint density at radius 3 is 2.62 bits per heavy atom. The number of nitrogens with one attached hydrogen (secondary N) is 2. The number of amides is 1. The second-order valence-electron chi connectivity index (χ2n) is 3.50. The summed E-state index contributed by atoms with van der Waals surface area (Å²) in [5.41, 5.74) is 7.62. The zero-order valence-corrected chi connectivity index (χ0v) is 8.82. The van der Waals surface area contributed by atoms with E-state index in [1.807, 2.05) is 6.92 Å². The fourth-order valence-electron chi connectivity index (χ4n) is 1.29. The molecule has 82 valence electrons. The molecule has 1 heterocycles. The van der Waals surface area contributed by atoms with Crippen molar-refractivity contribution in [3.05, 3.63) is 41.6 Å². The summed E-state index contributed by atoms with van der Waals surface area (Å²) in [5, 5.41) is 9.26. The molecule has 0 atom stereocenters. The van der Waals surface area contributed by atoms with Crippen LogP contribution in [0.5, 0.6) is 0 Å². The topological polar surface area (TPSA) is 83.8 Å². The van der Waals surface area contributed by atoms with E-state index in [1.54, 1.807) is 30.5 Å². The Labute approximate surface area is 92.7 Å². The molecule has 0 spiro atoms. The number of aromatic nitrogens is 2. The molecule has 0 radical (unpaired) electrons. The van der Waals surface area contributed by atoms with Crippen LogP contribution in [0.2, 0.25) is 0 Å². The van der Waals surface area contributed by atoms with E-state index in [0.29, 0.717) is 17.1 Å². The minimum Gasteiger partial charge on any atom is -0.399 e. The molecule has 0 saturated carbocycles. The molecule has 0 unspecified atom stereocenters. The van der Waals surface area contributed by atoms with E-state index >= 15 is 0 Å². The molecular formula is C11H12N4O. The highest BCUT2D eigenvalue weighted by Crippen LogP contribution is 2.11. The average molecular weight is 216 g/mol. The molecule has 1 amide bonds. The van der Waals surface area contributed by atoms with E-state index in [9.17, 15) is 4.79 Å². The number of nitrogens with zero attached hydrogens (tertiary/aromatic N) is 1. The minimum absolute atomic E-state index is 0.188. The van der Waals surface area contributed by atoms with Crippen molar-refractivity contribution in [2.75, 3.05) is 11.1 Å². The van der Waals surface area contributed by atoms with Crippen molar-refractivity contribution in [3.63, 3.8) is 0 Å². The van der Waals surface area contributed by atoms with Gasteiger partial charge in [-0.2, -0.15) is 5.10 Å². The maximum atomic E-state index is 11.8. The van der Waals surface area contributed by atoms with Crippen LogP contribution in [0.4, 0.5) is 11.5 Å². The van der Waals surface area contributed by atoms with Crippen LogP contribution in [-0.4, -0.2) is 16.1 Å². The van der Waals surface area contributed by atoms with Gasteiger partial charge in [0.15, 0.2) is 0 Å². The predicted octanol–water partition coefficient (Wildman–Crippen LogP) is 1.55. The van der Waals surface area contributed by atoms with Crippen molar-refractivity contribution in [2.24, 2.45) is 0 Å². The van der Waals surface area contributed by atoms with Gasteiger partial charge in [-0.05, 0) is 31.2 Å². The average Bonchev–Trinajstić information content (AvgIpc) is 2.65. The number of aromatic amines is 1. The predicted molar refractivity (Wildman–Crippen MR) is 62.1 cm³/mol. The largest absolute Gasteiger partial charge is 0.399 e. The lowest BCUT2D eigenvalue weighted by Gasteiger charge is -2.03. The minimum atomic E-state index is -0.188. The summed E-state index contributed by atoms with van der Waals surface area (Å²) in [4.78, 5) is 11.8. The summed E-state index contributed by atoms with van der Waals surface area (Å²) >= 11 is 0. The lowest BCUT2D eigenvalue weighted by Crippen LogP contribution is -2.12. The van der Waals surface area contributed by atoms with Crippen LogP contribution in [0, 0.1) is 6.92 Å². The van der Waals surface area contributed by atoms with Gasteiger partial charge in [-0.1, -0.05) is 0 Å². The van der Waals surface area contributed by atoms with Gasteiger partial charge < -0.3 is 11.1 Å². The maximum absolute atomic E-state index is 11.8. The first kappa shape index (κ1) is 10.2. The summed E-state index contributed by atoms with van der Waals surface area (Å²) < 4.78 is 0. The van der Waals surface area contributed by atoms with E-state index in [4.69, 9.17) is 5.73 Å². The molecule has 0 bridgehead atoms. The third-order valence-corrected chi connectivity index (χ3v) is 2.24. The number of benzene rings is 1. The van der Waals surface area contributed by atoms with Gasteiger partial charge >= 0.3 is 0 Å². The molecule has 0 aliphatic rings. The third kappa shape index (κ3) is 2.03. The first-order valence-corrected chi connectivity index (χ1v) is 4.83. The molecule has 0 saturated heterocycles. The van der Waals surface area contributed by atoms with Crippen molar-refractivity contribution in [1.82, 2.24) is 10.2 Å². The smallest absolute Gasteiger partial charge is 0.256 e. The van der Waals surface area contributed by atoms with Gasteiger partial charge in [0, 0.05) is 16.8 Å². The lowest BCUT2D eigenvalue weighted by molar-refractivity contribution is 0.102. The summed E-state index contributed by atoms with van der Waals surface area (Å²) in [6.07, 6.45) is 1.65. The number of carbonyl (C=O) groups is 1. The van der Waals surface area contributed by atoms with Gasteiger partial charge in [-0.15, -0.1) is 0 Å². The number of nitrogens with two attached hydrogens (primary N) is 1.